The fourth-order valence-corrected chi connectivity index (χ4v) is 2.36. The number of nitrogens with zero attached hydrogens (tertiary/aromatic N) is 3. The van der Waals surface area contributed by atoms with Gasteiger partial charge in [-0.1, -0.05) is 0 Å². The first-order valence-electron chi connectivity index (χ1n) is 8.67. The summed E-state index contributed by atoms with van der Waals surface area (Å²) >= 11 is 0. The Balaban J connectivity index is 1.70. The van der Waals surface area contributed by atoms with Gasteiger partial charge in [0.15, 0.2) is 5.96 Å². The van der Waals surface area contributed by atoms with Gasteiger partial charge >= 0.3 is 6.18 Å². The molecule has 0 atom stereocenters. The minimum absolute atomic E-state index is 0.168. The molecular formula is C17H26F3N5O. The standard InChI is InChI=1S/C17H26F3N5O/c1-21-16(25(2)10-11-26-12-13-5-6-13)24-9-8-23-15-14(17(18,19)20)4-3-7-22-15/h3-4,7,13H,5-6,8-12H2,1-2H3,(H,21,24)(H,22,23). The molecule has 1 heterocycles. The summed E-state index contributed by atoms with van der Waals surface area (Å²) in [7, 11) is 3.56. The van der Waals surface area contributed by atoms with Crippen molar-refractivity contribution in [2.24, 2.45) is 10.9 Å². The van der Waals surface area contributed by atoms with Crippen LogP contribution in [0, 0.1) is 5.92 Å². The van der Waals surface area contributed by atoms with Crippen LogP contribution in [0.5, 0.6) is 0 Å². The normalized spacial score (nSPS) is 15.0. The number of rotatable bonds is 9. The molecule has 1 aliphatic carbocycles. The first-order chi connectivity index (χ1) is 12.4. The number of anilines is 1. The van der Waals surface area contributed by atoms with Crippen molar-refractivity contribution in [1.29, 1.82) is 0 Å². The van der Waals surface area contributed by atoms with Gasteiger partial charge in [-0.3, -0.25) is 4.99 Å². The van der Waals surface area contributed by atoms with Crippen molar-refractivity contribution in [3.63, 3.8) is 0 Å². The third kappa shape index (κ3) is 6.70. The van der Waals surface area contributed by atoms with Crippen molar-refractivity contribution in [3.8, 4) is 0 Å². The first-order valence-corrected chi connectivity index (χ1v) is 8.67. The van der Waals surface area contributed by atoms with Gasteiger partial charge in [-0.2, -0.15) is 13.2 Å². The third-order valence-electron chi connectivity index (χ3n) is 4.01. The predicted octanol–water partition coefficient (Wildman–Crippen LogP) is 2.45. The molecule has 0 saturated heterocycles. The summed E-state index contributed by atoms with van der Waals surface area (Å²) in [5.41, 5.74) is -0.769. The highest BCUT2D eigenvalue weighted by Gasteiger charge is 2.33. The number of halogens is 3. The van der Waals surface area contributed by atoms with Crippen molar-refractivity contribution in [2.75, 3.05) is 52.3 Å². The van der Waals surface area contributed by atoms with Crippen LogP contribution in [0.1, 0.15) is 18.4 Å². The Bertz CT molecular complexity index is 590. The number of alkyl halides is 3. The van der Waals surface area contributed by atoms with Crippen molar-refractivity contribution in [1.82, 2.24) is 15.2 Å². The maximum atomic E-state index is 12.9. The fraction of sp³-hybridized carbons (Fsp3) is 0.647. The lowest BCUT2D eigenvalue weighted by atomic mass is 10.2. The molecule has 0 unspecified atom stereocenters. The van der Waals surface area contributed by atoms with E-state index in [1.807, 2.05) is 11.9 Å². The van der Waals surface area contributed by atoms with Gasteiger partial charge in [-0.05, 0) is 30.9 Å². The molecule has 146 valence electrons. The molecule has 0 radical (unpaired) electrons. The van der Waals surface area contributed by atoms with Gasteiger partial charge in [0, 0.05) is 46.5 Å². The van der Waals surface area contributed by atoms with Crippen LogP contribution >= 0.6 is 0 Å². The number of pyridine rings is 1. The molecule has 1 saturated carbocycles. The molecule has 0 aromatic carbocycles. The Morgan fingerprint density at radius 3 is 2.81 bits per heavy atom. The van der Waals surface area contributed by atoms with E-state index in [0.29, 0.717) is 25.7 Å². The number of likely N-dealkylation sites (N-methyl/N-ethyl adjacent to an activating group) is 1. The molecule has 6 nitrogen and oxygen atoms in total. The van der Waals surface area contributed by atoms with E-state index in [9.17, 15) is 13.2 Å². The summed E-state index contributed by atoms with van der Waals surface area (Å²) < 4.78 is 44.3. The maximum Gasteiger partial charge on any atom is 0.419 e. The largest absolute Gasteiger partial charge is 0.419 e. The molecule has 1 aliphatic rings. The number of hydrogen-bond acceptors (Lipinski definition) is 4. The van der Waals surface area contributed by atoms with E-state index < -0.39 is 11.7 Å². The smallest absolute Gasteiger partial charge is 0.379 e. The van der Waals surface area contributed by atoms with E-state index in [0.717, 1.165) is 18.6 Å². The van der Waals surface area contributed by atoms with E-state index in [4.69, 9.17) is 4.74 Å². The van der Waals surface area contributed by atoms with Crippen LogP contribution in [0.2, 0.25) is 0 Å². The van der Waals surface area contributed by atoms with Crippen LogP contribution in [-0.4, -0.2) is 62.8 Å². The second-order valence-corrected chi connectivity index (χ2v) is 6.24. The molecule has 0 amide bonds. The van der Waals surface area contributed by atoms with E-state index in [1.54, 1.807) is 7.05 Å². The number of hydrogen-bond donors (Lipinski definition) is 2. The number of aliphatic imine (C=N–C) groups is 1. The average molecular weight is 373 g/mol. The van der Waals surface area contributed by atoms with Gasteiger partial charge in [-0.25, -0.2) is 4.98 Å². The summed E-state index contributed by atoms with van der Waals surface area (Å²) in [6, 6.07) is 2.28. The lowest BCUT2D eigenvalue weighted by Gasteiger charge is -2.22. The van der Waals surface area contributed by atoms with Gasteiger partial charge in [0.25, 0.3) is 0 Å². The maximum absolute atomic E-state index is 12.9. The predicted molar refractivity (Wildman–Crippen MR) is 95.3 cm³/mol. The van der Waals surface area contributed by atoms with Gasteiger partial charge in [0.2, 0.25) is 0 Å². The third-order valence-corrected chi connectivity index (χ3v) is 4.01. The van der Waals surface area contributed by atoms with E-state index in [2.05, 4.69) is 20.6 Å². The molecular weight excluding hydrogens is 347 g/mol. The number of guanidine groups is 1. The molecule has 26 heavy (non-hydrogen) atoms. The van der Waals surface area contributed by atoms with Gasteiger partial charge in [0.05, 0.1) is 12.2 Å². The van der Waals surface area contributed by atoms with E-state index in [1.165, 1.54) is 25.1 Å². The molecule has 2 rings (SSSR count). The Morgan fingerprint density at radius 1 is 1.38 bits per heavy atom. The molecule has 0 aliphatic heterocycles. The topological polar surface area (TPSA) is 61.8 Å². The van der Waals surface area contributed by atoms with E-state index >= 15 is 0 Å². The highest BCUT2D eigenvalue weighted by molar-refractivity contribution is 5.79. The molecule has 0 spiro atoms. The van der Waals surface area contributed by atoms with Crippen molar-refractivity contribution >= 4 is 11.8 Å². The highest BCUT2D eigenvalue weighted by atomic mass is 19.4. The average Bonchev–Trinajstić information content (AvgIpc) is 3.42. The molecule has 2 N–H and O–H groups in total. The molecule has 1 aromatic heterocycles. The number of aromatic nitrogens is 1. The quantitative estimate of drug-likeness (QED) is 0.396. The van der Waals surface area contributed by atoms with Crippen LogP contribution in [0.3, 0.4) is 0 Å². The molecule has 0 bridgehead atoms. The fourth-order valence-electron chi connectivity index (χ4n) is 2.36. The van der Waals surface area contributed by atoms with Gasteiger partial charge in [-0.15, -0.1) is 0 Å². The lowest BCUT2D eigenvalue weighted by molar-refractivity contribution is -0.137. The van der Waals surface area contributed by atoms with Crippen LogP contribution in [0.15, 0.2) is 23.3 Å². The number of ether oxygens (including phenoxy) is 1. The van der Waals surface area contributed by atoms with Crippen LogP contribution < -0.4 is 10.6 Å². The molecule has 9 heteroatoms. The van der Waals surface area contributed by atoms with Crippen molar-refractivity contribution in [2.45, 2.75) is 19.0 Å². The van der Waals surface area contributed by atoms with Crippen LogP contribution in [0.4, 0.5) is 19.0 Å². The Labute approximate surface area is 151 Å². The van der Waals surface area contributed by atoms with Crippen molar-refractivity contribution < 1.29 is 17.9 Å². The Hall–Kier alpha value is -2.03. The summed E-state index contributed by atoms with van der Waals surface area (Å²) in [4.78, 5) is 9.86. The zero-order valence-corrected chi connectivity index (χ0v) is 15.1. The molecule has 1 fully saturated rings. The van der Waals surface area contributed by atoms with Gasteiger partial charge in [0.1, 0.15) is 5.82 Å². The summed E-state index contributed by atoms with van der Waals surface area (Å²) in [6.45, 7) is 2.82. The zero-order chi connectivity index (χ0) is 19.0. The SMILES string of the molecule is CN=C(NCCNc1ncccc1C(F)(F)F)N(C)CCOCC1CC1. The van der Waals surface area contributed by atoms with Gasteiger partial charge < -0.3 is 20.3 Å². The van der Waals surface area contributed by atoms with Crippen LogP contribution in [0.25, 0.3) is 0 Å². The minimum atomic E-state index is -4.43. The second kappa shape index (κ2) is 9.61. The lowest BCUT2D eigenvalue weighted by Crippen LogP contribution is -2.42. The summed E-state index contributed by atoms with van der Waals surface area (Å²) in [5.74, 6) is 1.23. The van der Waals surface area contributed by atoms with Crippen LogP contribution in [-0.2, 0) is 10.9 Å². The van der Waals surface area contributed by atoms with E-state index in [-0.39, 0.29) is 12.4 Å². The first kappa shape index (κ1) is 20.3. The molecule has 1 aromatic rings. The monoisotopic (exact) mass is 373 g/mol. The summed E-state index contributed by atoms with van der Waals surface area (Å²) in [5, 5.41) is 5.83. The number of nitrogens with one attached hydrogen (secondary N) is 2. The van der Waals surface area contributed by atoms with Crippen molar-refractivity contribution in [3.05, 3.63) is 23.9 Å². The second-order valence-electron chi connectivity index (χ2n) is 6.24. The Kier molecular flexibility index (Phi) is 7.50. The minimum Gasteiger partial charge on any atom is -0.379 e. The Morgan fingerprint density at radius 2 is 2.15 bits per heavy atom. The summed E-state index contributed by atoms with van der Waals surface area (Å²) in [6.07, 6.45) is -0.573. The highest BCUT2D eigenvalue weighted by Crippen LogP contribution is 2.33. The zero-order valence-electron chi connectivity index (χ0n) is 15.1.